The second-order valence-corrected chi connectivity index (χ2v) is 13.1. The Balaban J connectivity index is 0.000000194. The lowest BCUT2D eigenvalue weighted by Crippen LogP contribution is -2.36. The van der Waals surface area contributed by atoms with Gasteiger partial charge in [0.05, 0.1) is 34.6 Å². The Morgan fingerprint density at radius 3 is 1.66 bits per heavy atom. The zero-order valence-electron chi connectivity index (χ0n) is 30.0. The third-order valence-electron chi connectivity index (χ3n) is 9.31. The molecule has 4 amide bonds. The molecule has 4 aromatic rings. The van der Waals surface area contributed by atoms with Crippen LogP contribution in [0.4, 0.5) is 22.7 Å². The number of hydrogen-bond acceptors (Lipinski definition) is 6. The second kappa shape index (κ2) is 14.9. The van der Waals surface area contributed by atoms with E-state index in [0.717, 1.165) is 61.7 Å². The fraction of sp³-hybridized carbons (Fsp3) is 0.300. The first-order valence-electron chi connectivity index (χ1n) is 16.8. The van der Waals surface area contributed by atoms with Crippen LogP contribution in [0.3, 0.4) is 0 Å². The molecule has 0 saturated carbocycles. The fourth-order valence-electron chi connectivity index (χ4n) is 6.70. The molecule has 10 nitrogen and oxygen atoms in total. The van der Waals surface area contributed by atoms with Crippen molar-refractivity contribution in [3.8, 4) is 0 Å². The quantitative estimate of drug-likeness (QED) is 0.171. The summed E-state index contributed by atoms with van der Waals surface area (Å²) in [5, 5.41) is 8.41. The molecule has 6 rings (SSSR count). The highest BCUT2D eigenvalue weighted by molar-refractivity contribution is 6.09. The SMILES string of the molecule is CNC(=O)CC1C(=O)N(Nc2ccc(C)cc2C)c2c(C)cccc21.CNC(=O)CC1C(=O)N(Nc2ccccc2C)c2c(C)cc(C)cc21. The Morgan fingerprint density at radius 1 is 0.560 bits per heavy atom. The molecule has 2 unspecified atom stereocenters. The molecule has 0 saturated heterocycles. The summed E-state index contributed by atoms with van der Waals surface area (Å²) in [6.45, 7) is 12.0. The largest absolute Gasteiger partial charge is 0.359 e. The van der Waals surface area contributed by atoms with Crippen LogP contribution in [0, 0.1) is 41.5 Å². The van der Waals surface area contributed by atoms with E-state index in [1.54, 1.807) is 24.1 Å². The molecule has 2 heterocycles. The number of hydrogen-bond donors (Lipinski definition) is 4. The molecular formula is C40H46N6O4. The molecule has 0 aromatic heterocycles. The molecule has 0 spiro atoms. The topological polar surface area (TPSA) is 123 Å². The van der Waals surface area contributed by atoms with Crippen molar-refractivity contribution in [1.82, 2.24) is 10.6 Å². The van der Waals surface area contributed by atoms with Gasteiger partial charge in [-0.2, -0.15) is 0 Å². The molecule has 0 bridgehead atoms. The number of para-hydroxylation sites is 2. The van der Waals surface area contributed by atoms with Gasteiger partial charge in [-0.25, -0.2) is 10.0 Å². The van der Waals surface area contributed by atoms with E-state index < -0.39 is 11.8 Å². The third kappa shape index (κ3) is 7.19. The fourth-order valence-corrected chi connectivity index (χ4v) is 6.70. The standard InChI is InChI=1S/2C20H23N3O2/c1-12-8-9-17(14(3)10-12)22-23-19-13(2)6-5-7-15(19)16(20(23)25)11-18(24)21-4;1-12-9-14(3)19-15(10-12)16(11-18(24)21-4)20(25)23(19)22-17-8-6-5-7-13(17)2/h2*5-10,16,22H,11H2,1-4H3,(H,21,24). The van der Waals surface area contributed by atoms with Crippen molar-refractivity contribution >= 4 is 46.4 Å². The summed E-state index contributed by atoms with van der Waals surface area (Å²) in [4.78, 5) is 49.9. The van der Waals surface area contributed by atoms with Crippen molar-refractivity contribution in [2.24, 2.45) is 0 Å². The first-order chi connectivity index (χ1) is 23.8. The number of carbonyl (C=O) groups excluding carboxylic acids is 4. The number of nitrogens with zero attached hydrogens (tertiary/aromatic N) is 2. The van der Waals surface area contributed by atoms with E-state index in [0.29, 0.717) is 0 Å². The molecular weight excluding hydrogens is 628 g/mol. The van der Waals surface area contributed by atoms with Crippen LogP contribution in [0.15, 0.2) is 72.8 Å². The summed E-state index contributed by atoms with van der Waals surface area (Å²) in [5.74, 6) is -1.41. The second-order valence-electron chi connectivity index (χ2n) is 13.1. The van der Waals surface area contributed by atoms with E-state index >= 15 is 0 Å². The van der Waals surface area contributed by atoms with Gasteiger partial charge in [-0.15, -0.1) is 0 Å². The monoisotopic (exact) mass is 674 g/mol. The Morgan fingerprint density at radius 2 is 1.08 bits per heavy atom. The minimum atomic E-state index is -0.468. The molecule has 4 aromatic carbocycles. The van der Waals surface area contributed by atoms with Crippen molar-refractivity contribution in [1.29, 1.82) is 0 Å². The zero-order valence-corrected chi connectivity index (χ0v) is 30.0. The van der Waals surface area contributed by atoms with Gasteiger partial charge in [-0.05, 0) is 87.1 Å². The molecule has 0 aliphatic carbocycles. The summed E-state index contributed by atoms with van der Waals surface area (Å²) >= 11 is 0. The highest BCUT2D eigenvalue weighted by atomic mass is 16.2. The van der Waals surface area contributed by atoms with Gasteiger partial charge in [0.1, 0.15) is 0 Å². The lowest BCUT2D eigenvalue weighted by atomic mass is 9.94. The van der Waals surface area contributed by atoms with Gasteiger partial charge in [0.2, 0.25) is 11.8 Å². The predicted octanol–water partition coefficient (Wildman–Crippen LogP) is 6.41. The van der Waals surface area contributed by atoms with Gasteiger partial charge in [0.15, 0.2) is 0 Å². The minimum absolute atomic E-state index is 0.101. The summed E-state index contributed by atoms with van der Waals surface area (Å²) < 4.78 is 0. The number of fused-ring (bicyclic) bond motifs is 2. The number of carbonyl (C=O) groups is 4. The van der Waals surface area contributed by atoms with Gasteiger partial charge < -0.3 is 10.6 Å². The average molecular weight is 675 g/mol. The lowest BCUT2D eigenvalue weighted by molar-refractivity contribution is -0.125. The maximum absolute atomic E-state index is 13.1. The highest BCUT2D eigenvalue weighted by Gasteiger charge is 2.41. The number of aryl methyl sites for hydroxylation is 6. The summed E-state index contributed by atoms with van der Waals surface area (Å²) in [7, 11) is 3.18. The molecule has 260 valence electrons. The highest BCUT2D eigenvalue weighted by Crippen LogP contribution is 2.43. The normalized spacial score (nSPS) is 15.9. The number of hydrazine groups is 2. The smallest absolute Gasteiger partial charge is 0.253 e. The average Bonchev–Trinajstić information content (AvgIpc) is 3.49. The van der Waals surface area contributed by atoms with E-state index in [9.17, 15) is 19.2 Å². The van der Waals surface area contributed by atoms with Crippen molar-refractivity contribution in [2.45, 2.75) is 66.2 Å². The number of nitrogens with one attached hydrogen (secondary N) is 4. The number of anilines is 4. The molecule has 50 heavy (non-hydrogen) atoms. The zero-order chi connectivity index (χ0) is 36.3. The van der Waals surface area contributed by atoms with Gasteiger partial charge >= 0.3 is 0 Å². The van der Waals surface area contributed by atoms with Gasteiger partial charge in [-0.1, -0.05) is 71.8 Å². The molecule has 4 N–H and O–H groups in total. The van der Waals surface area contributed by atoms with E-state index in [1.165, 1.54) is 5.56 Å². The van der Waals surface area contributed by atoms with Crippen molar-refractivity contribution < 1.29 is 19.2 Å². The molecule has 0 radical (unpaired) electrons. The Kier molecular flexibility index (Phi) is 10.6. The Labute approximate surface area is 294 Å². The summed E-state index contributed by atoms with van der Waals surface area (Å²) in [5.41, 5.74) is 18.2. The maximum atomic E-state index is 13.1. The van der Waals surface area contributed by atoms with Gasteiger partial charge in [-0.3, -0.25) is 30.0 Å². The van der Waals surface area contributed by atoms with Crippen LogP contribution >= 0.6 is 0 Å². The maximum Gasteiger partial charge on any atom is 0.253 e. The Hall–Kier alpha value is -5.64. The summed E-state index contributed by atoms with van der Waals surface area (Å²) in [6, 6.07) is 23.8. The van der Waals surface area contributed by atoms with Crippen molar-refractivity contribution in [3.05, 3.63) is 117 Å². The van der Waals surface area contributed by atoms with Crippen LogP contribution in [0.1, 0.15) is 69.2 Å². The van der Waals surface area contributed by atoms with Crippen LogP contribution in [-0.2, 0) is 19.2 Å². The number of rotatable bonds is 8. The first-order valence-corrected chi connectivity index (χ1v) is 16.8. The number of amides is 4. The number of benzene rings is 4. The van der Waals surface area contributed by atoms with E-state index in [2.05, 4.69) is 33.6 Å². The van der Waals surface area contributed by atoms with E-state index in [1.807, 2.05) is 102 Å². The van der Waals surface area contributed by atoms with Gasteiger partial charge in [0.25, 0.3) is 11.8 Å². The lowest BCUT2D eigenvalue weighted by Gasteiger charge is -2.23. The van der Waals surface area contributed by atoms with Crippen LogP contribution < -0.4 is 31.5 Å². The minimum Gasteiger partial charge on any atom is -0.359 e. The van der Waals surface area contributed by atoms with Gasteiger partial charge in [0, 0.05) is 26.9 Å². The van der Waals surface area contributed by atoms with E-state index in [-0.39, 0.29) is 36.5 Å². The molecule has 0 fully saturated rings. The van der Waals surface area contributed by atoms with Crippen LogP contribution in [0.5, 0.6) is 0 Å². The third-order valence-corrected chi connectivity index (χ3v) is 9.31. The van der Waals surface area contributed by atoms with Crippen molar-refractivity contribution in [3.63, 3.8) is 0 Å². The van der Waals surface area contributed by atoms with Crippen LogP contribution in [0.2, 0.25) is 0 Å². The Bertz CT molecular complexity index is 1970. The first kappa shape index (κ1) is 35.7. The van der Waals surface area contributed by atoms with Crippen molar-refractivity contribution in [2.75, 3.05) is 35.0 Å². The molecule has 2 aliphatic rings. The van der Waals surface area contributed by atoms with Crippen LogP contribution in [0.25, 0.3) is 0 Å². The van der Waals surface area contributed by atoms with Crippen LogP contribution in [-0.4, -0.2) is 37.7 Å². The predicted molar refractivity (Wildman–Crippen MR) is 199 cm³/mol. The molecule has 2 aliphatic heterocycles. The molecule has 2 atom stereocenters. The van der Waals surface area contributed by atoms with E-state index in [4.69, 9.17) is 0 Å². The summed E-state index contributed by atoms with van der Waals surface area (Å²) in [6.07, 6.45) is 0.300. The molecule has 10 heteroatoms.